The molecule has 0 atom stereocenters. The Labute approximate surface area is 86.8 Å². The van der Waals surface area contributed by atoms with Gasteiger partial charge in [0.1, 0.15) is 0 Å². The lowest BCUT2D eigenvalue weighted by atomic mass is 10.3. The maximum Gasteiger partial charge on any atom is 0.256 e. The number of carbonyl (C=O) groups is 2. The van der Waals surface area contributed by atoms with Crippen LogP contribution in [-0.2, 0) is 16.0 Å². The molecule has 0 radical (unpaired) electrons. The van der Waals surface area contributed by atoms with E-state index in [2.05, 4.69) is 9.97 Å². The van der Waals surface area contributed by atoms with Crippen molar-refractivity contribution in [2.75, 3.05) is 6.54 Å². The lowest BCUT2D eigenvalue weighted by Gasteiger charge is -2.13. The monoisotopic (exact) mass is 205 g/mol. The molecule has 0 spiro atoms. The minimum atomic E-state index is -0.225. The number of H-pyrrole nitrogens is 1. The summed E-state index contributed by atoms with van der Waals surface area (Å²) in [6.45, 7) is 2.05. The van der Waals surface area contributed by atoms with E-state index in [1.54, 1.807) is 19.4 Å². The number of rotatable bonds is 3. The Morgan fingerprint density at radius 2 is 2.27 bits per heavy atom. The molecule has 0 fully saturated rings. The number of imide groups is 1. The molecule has 2 amide bonds. The zero-order valence-electron chi connectivity index (χ0n) is 8.36. The van der Waals surface area contributed by atoms with Gasteiger partial charge in [-0.2, -0.15) is 0 Å². The summed E-state index contributed by atoms with van der Waals surface area (Å²) in [4.78, 5) is 30.9. The van der Waals surface area contributed by atoms with E-state index in [1.165, 1.54) is 11.0 Å². The van der Waals surface area contributed by atoms with Crippen LogP contribution in [0.2, 0.25) is 0 Å². The minimum absolute atomic E-state index is 0.195. The summed E-state index contributed by atoms with van der Waals surface area (Å²) in [7, 11) is 0. The van der Waals surface area contributed by atoms with Gasteiger partial charge in [0.2, 0.25) is 0 Å². The predicted molar refractivity (Wildman–Crippen MR) is 52.8 cm³/mol. The van der Waals surface area contributed by atoms with Gasteiger partial charge in [0, 0.05) is 36.5 Å². The van der Waals surface area contributed by atoms with Gasteiger partial charge in [0.25, 0.3) is 11.8 Å². The average Bonchev–Trinajstić information content (AvgIpc) is 2.76. The molecular formula is C10H11N3O2. The van der Waals surface area contributed by atoms with Crippen LogP contribution in [0.4, 0.5) is 0 Å². The molecule has 2 rings (SSSR count). The van der Waals surface area contributed by atoms with Crippen LogP contribution in [0.5, 0.6) is 0 Å². The highest BCUT2D eigenvalue weighted by atomic mass is 16.2. The third-order valence-corrected chi connectivity index (χ3v) is 2.35. The molecule has 15 heavy (non-hydrogen) atoms. The summed E-state index contributed by atoms with van der Waals surface area (Å²) in [6, 6.07) is 0. The zero-order valence-corrected chi connectivity index (χ0v) is 8.36. The molecule has 5 nitrogen and oxygen atoms in total. The molecule has 1 aromatic rings. The molecule has 5 heteroatoms. The standard InChI is InChI=1S/C10H11N3O2/c1-7-4-9(14)13(10(7)15)3-2-8-5-11-6-12-8/h4-6H,2-3H2,1H3,(H,11,12). The number of hydrogen-bond acceptors (Lipinski definition) is 3. The smallest absolute Gasteiger partial charge is 0.256 e. The third-order valence-electron chi connectivity index (χ3n) is 2.35. The number of hydrogen-bond donors (Lipinski definition) is 1. The molecule has 1 aliphatic heterocycles. The van der Waals surface area contributed by atoms with Crippen LogP contribution >= 0.6 is 0 Å². The van der Waals surface area contributed by atoms with Gasteiger partial charge in [-0.3, -0.25) is 14.5 Å². The maximum absolute atomic E-state index is 11.5. The van der Waals surface area contributed by atoms with Crippen LogP contribution in [0.15, 0.2) is 24.2 Å². The molecule has 2 heterocycles. The van der Waals surface area contributed by atoms with Gasteiger partial charge >= 0.3 is 0 Å². The molecule has 0 unspecified atom stereocenters. The Morgan fingerprint density at radius 1 is 1.47 bits per heavy atom. The molecular weight excluding hydrogens is 194 g/mol. The lowest BCUT2D eigenvalue weighted by Crippen LogP contribution is -2.32. The summed E-state index contributed by atoms with van der Waals surface area (Å²) in [5.74, 6) is -0.420. The van der Waals surface area contributed by atoms with Crippen molar-refractivity contribution >= 4 is 11.8 Å². The van der Waals surface area contributed by atoms with E-state index in [9.17, 15) is 9.59 Å². The Morgan fingerprint density at radius 3 is 2.80 bits per heavy atom. The molecule has 78 valence electrons. The van der Waals surface area contributed by atoms with Crippen molar-refractivity contribution in [3.63, 3.8) is 0 Å². The summed E-state index contributed by atoms with van der Waals surface area (Å²) >= 11 is 0. The van der Waals surface area contributed by atoms with Crippen LogP contribution in [0, 0.1) is 0 Å². The lowest BCUT2D eigenvalue weighted by molar-refractivity contribution is -0.137. The van der Waals surface area contributed by atoms with Gasteiger partial charge in [-0.05, 0) is 6.92 Å². The molecule has 1 aromatic heterocycles. The number of amides is 2. The molecule has 0 aliphatic carbocycles. The second-order valence-corrected chi connectivity index (χ2v) is 3.45. The topological polar surface area (TPSA) is 66.1 Å². The van der Waals surface area contributed by atoms with Crippen molar-refractivity contribution < 1.29 is 9.59 Å². The predicted octanol–water partition coefficient (Wildman–Crippen LogP) is 0.267. The fourth-order valence-electron chi connectivity index (χ4n) is 1.50. The normalized spacial score (nSPS) is 16.1. The van der Waals surface area contributed by atoms with Crippen molar-refractivity contribution in [3.8, 4) is 0 Å². The van der Waals surface area contributed by atoms with Crippen LogP contribution in [-0.4, -0.2) is 33.2 Å². The van der Waals surface area contributed by atoms with Crippen LogP contribution < -0.4 is 0 Å². The van der Waals surface area contributed by atoms with Gasteiger partial charge in [-0.15, -0.1) is 0 Å². The van der Waals surface area contributed by atoms with Crippen molar-refractivity contribution in [3.05, 3.63) is 29.9 Å². The molecule has 0 saturated carbocycles. The molecule has 0 aromatic carbocycles. The largest absolute Gasteiger partial charge is 0.348 e. The van der Waals surface area contributed by atoms with Crippen LogP contribution in [0.1, 0.15) is 12.6 Å². The minimum Gasteiger partial charge on any atom is -0.348 e. The molecule has 0 bridgehead atoms. The van der Waals surface area contributed by atoms with Crippen molar-refractivity contribution in [1.29, 1.82) is 0 Å². The first-order valence-corrected chi connectivity index (χ1v) is 4.70. The highest BCUT2D eigenvalue weighted by Gasteiger charge is 2.27. The van der Waals surface area contributed by atoms with E-state index < -0.39 is 0 Å². The number of imidazole rings is 1. The van der Waals surface area contributed by atoms with E-state index in [-0.39, 0.29) is 11.8 Å². The second kappa shape index (κ2) is 3.68. The van der Waals surface area contributed by atoms with E-state index in [4.69, 9.17) is 0 Å². The summed E-state index contributed by atoms with van der Waals surface area (Å²) in [5.41, 5.74) is 1.42. The fraction of sp³-hybridized carbons (Fsp3) is 0.300. The number of aromatic nitrogens is 2. The number of nitrogens with zero attached hydrogens (tertiary/aromatic N) is 2. The molecule has 1 N–H and O–H groups in total. The van der Waals surface area contributed by atoms with E-state index in [0.717, 1.165) is 5.69 Å². The summed E-state index contributed by atoms with van der Waals surface area (Å²) in [5, 5.41) is 0. The average molecular weight is 205 g/mol. The van der Waals surface area contributed by atoms with Crippen molar-refractivity contribution in [2.45, 2.75) is 13.3 Å². The van der Waals surface area contributed by atoms with Crippen LogP contribution in [0.3, 0.4) is 0 Å². The zero-order chi connectivity index (χ0) is 10.8. The number of nitrogens with one attached hydrogen (secondary N) is 1. The SMILES string of the molecule is CC1=CC(=O)N(CCc2cnc[nH]2)C1=O. The Bertz CT molecular complexity index is 420. The number of carbonyl (C=O) groups excluding carboxylic acids is 2. The van der Waals surface area contributed by atoms with E-state index >= 15 is 0 Å². The molecule has 0 saturated heterocycles. The summed E-state index contributed by atoms with van der Waals surface area (Å²) in [6.07, 6.45) is 5.24. The van der Waals surface area contributed by atoms with Gasteiger partial charge < -0.3 is 4.98 Å². The Hall–Kier alpha value is -1.91. The highest BCUT2D eigenvalue weighted by molar-refractivity contribution is 6.15. The molecule has 1 aliphatic rings. The Balaban J connectivity index is 1.97. The Kier molecular flexibility index (Phi) is 2.37. The maximum atomic E-state index is 11.5. The van der Waals surface area contributed by atoms with Gasteiger partial charge in [0.05, 0.1) is 6.33 Å². The number of aromatic amines is 1. The highest BCUT2D eigenvalue weighted by Crippen LogP contribution is 2.12. The van der Waals surface area contributed by atoms with Crippen molar-refractivity contribution in [2.24, 2.45) is 0 Å². The van der Waals surface area contributed by atoms with Crippen LogP contribution in [0.25, 0.3) is 0 Å². The fourth-order valence-corrected chi connectivity index (χ4v) is 1.50. The van der Waals surface area contributed by atoms with Gasteiger partial charge in [-0.25, -0.2) is 4.98 Å². The third kappa shape index (κ3) is 1.81. The first-order valence-electron chi connectivity index (χ1n) is 4.70. The second-order valence-electron chi connectivity index (χ2n) is 3.45. The van der Waals surface area contributed by atoms with Gasteiger partial charge in [-0.1, -0.05) is 0 Å². The first-order chi connectivity index (χ1) is 7.18. The van der Waals surface area contributed by atoms with E-state index in [0.29, 0.717) is 18.5 Å². The first kappa shape index (κ1) is 9.64. The van der Waals surface area contributed by atoms with Crippen molar-refractivity contribution in [1.82, 2.24) is 14.9 Å². The van der Waals surface area contributed by atoms with E-state index in [1.807, 2.05) is 0 Å². The van der Waals surface area contributed by atoms with Gasteiger partial charge in [0.15, 0.2) is 0 Å². The quantitative estimate of drug-likeness (QED) is 0.720. The summed E-state index contributed by atoms with van der Waals surface area (Å²) < 4.78 is 0.